The summed E-state index contributed by atoms with van der Waals surface area (Å²) in [6, 6.07) is 39.0. The quantitative estimate of drug-likeness (QED) is 0.297. The topological polar surface area (TPSA) is 0 Å². The van der Waals surface area contributed by atoms with Crippen molar-refractivity contribution in [2.75, 3.05) is 0 Å². The maximum atomic E-state index is 2.27. The lowest BCUT2D eigenvalue weighted by molar-refractivity contribution is 1.61. The Morgan fingerprint density at radius 3 is 1.73 bits per heavy atom. The molecule has 0 saturated carbocycles. The molecule has 0 amide bonds. The van der Waals surface area contributed by atoms with E-state index in [2.05, 4.69) is 109 Å². The first-order valence-corrected chi connectivity index (χ1v) is 8.97. The van der Waals surface area contributed by atoms with E-state index in [0.717, 1.165) is 0 Å². The fourth-order valence-corrected chi connectivity index (χ4v) is 3.86. The third kappa shape index (κ3) is 2.39. The van der Waals surface area contributed by atoms with Gasteiger partial charge in [0.25, 0.3) is 0 Å². The molecule has 0 saturated heterocycles. The fraction of sp³-hybridized carbons (Fsp3) is 0. The second kappa shape index (κ2) is 6.16. The first-order chi connectivity index (χ1) is 12.9. The molecule has 5 rings (SSSR count). The monoisotopic (exact) mass is 330 g/mol. The van der Waals surface area contributed by atoms with Crippen molar-refractivity contribution in [1.82, 2.24) is 0 Å². The van der Waals surface area contributed by atoms with Crippen LogP contribution in [0.3, 0.4) is 0 Å². The first-order valence-electron chi connectivity index (χ1n) is 8.97. The van der Waals surface area contributed by atoms with E-state index in [-0.39, 0.29) is 0 Å². The molecular weight excluding hydrogens is 312 g/mol. The minimum atomic E-state index is 1.25. The zero-order valence-electron chi connectivity index (χ0n) is 14.4. The summed E-state index contributed by atoms with van der Waals surface area (Å²) in [5, 5.41) is 5.20. The average Bonchev–Trinajstić information content (AvgIpc) is 2.74. The van der Waals surface area contributed by atoms with Gasteiger partial charge in [-0.2, -0.15) is 0 Å². The SMILES string of the molecule is c1ccc(-c2ccc3c(ccc4ccccc43)c2-c2ccccc2)cc1. The highest BCUT2D eigenvalue weighted by Gasteiger charge is 2.13. The van der Waals surface area contributed by atoms with E-state index in [1.54, 1.807) is 0 Å². The lowest BCUT2D eigenvalue weighted by Gasteiger charge is -2.15. The molecule has 0 bridgehead atoms. The van der Waals surface area contributed by atoms with E-state index in [4.69, 9.17) is 0 Å². The molecule has 122 valence electrons. The van der Waals surface area contributed by atoms with Crippen LogP contribution in [0, 0.1) is 0 Å². The van der Waals surface area contributed by atoms with Crippen LogP contribution in [0.25, 0.3) is 43.8 Å². The summed E-state index contributed by atoms with van der Waals surface area (Å²) in [5.41, 5.74) is 5.09. The summed E-state index contributed by atoms with van der Waals surface area (Å²) >= 11 is 0. The Balaban J connectivity index is 1.93. The lowest BCUT2D eigenvalue weighted by atomic mass is 9.88. The number of rotatable bonds is 2. The normalized spacial score (nSPS) is 11.1. The second-order valence-corrected chi connectivity index (χ2v) is 6.60. The first kappa shape index (κ1) is 14.9. The second-order valence-electron chi connectivity index (χ2n) is 6.60. The molecular formula is C26H18. The van der Waals surface area contributed by atoms with E-state index in [0.29, 0.717) is 0 Å². The Labute approximate surface area is 153 Å². The highest BCUT2D eigenvalue weighted by molar-refractivity contribution is 6.14. The molecule has 0 radical (unpaired) electrons. The van der Waals surface area contributed by atoms with Crippen LogP contribution in [0.2, 0.25) is 0 Å². The lowest BCUT2D eigenvalue weighted by Crippen LogP contribution is -1.89. The predicted octanol–water partition coefficient (Wildman–Crippen LogP) is 7.33. The third-order valence-electron chi connectivity index (χ3n) is 5.07. The van der Waals surface area contributed by atoms with Crippen molar-refractivity contribution >= 4 is 21.5 Å². The highest BCUT2D eigenvalue weighted by atomic mass is 14.2. The van der Waals surface area contributed by atoms with Crippen LogP contribution in [0.4, 0.5) is 0 Å². The van der Waals surface area contributed by atoms with Crippen molar-refractivity contribution in [2.45, 2.75) is 0 Å². The van der Waals surface area contributed by atoms with Crippen molar-refractivity contribution < 1.29 is 0 Å². The van der Waals surface area contributed by atoms with Gasteiger partial charge in [-0.15, -0.1) is 0 Å². The van der Waals surface area contributed by atoms with E-state index < -0.39 is 0 Å². The van der Waals surface area contributed by atoms with Gasteiger partial charge in [-0.25, -0.2) is 0 Å². The third-order valence-corrected chi connectivity index (χ3v) is 5.07. The van der Waals surface area contributed by atoms with Crippen molar-refractivity contribution in [1.29, 1.82) is 0 Å². The molecule has 0 N–H and O–H groups in total. The predicted molar refractivity (Wildman–Crippen MR) is 112 cm³/mol. The molecule has 0 aliphatic rings. The smallest absolute Gasteiger partial charge is 0.00266 e. The summed E-state index contributed by atoms with van der Waals surface area (Å²) in [6.45, 7) is 0. The maximum absolute atomic E-state index is 2.27. The van der Waals surface area contributed by atoms with E-state index in [9.17, 15) is 0 Å². The Bertz CT molecular complexity index is 1200. The van der Waals surface area contributed by atoms with Gasteiger partial charge < -0.3 is 0 Å². The van der Waals surface area contributed by atoms with Gasteiger partial charge in [-0.05, 0) is 43.8 Å². The van der Waals surface area contributed by atoms with Crippen molar-refractivity contribution in [2.24, 2.45) is 0 Å². The Hall–Kier alpha value is -3.38. The molecule has 0 aromatic heterocycles. The zero-order chi connectivity index (χ0) is 17.3. The molecule has 0 spiro atoms. The van der Waals surface area contributed by atoms with E-state index in [1.807, 2.05) is 0 Å². The van der Waals surface area contributed by atoms with Crippen molar-refractivity contribution in [3.63, 3.8) is 0 Å². The summed E-state index contributed by atoms with van der Waals surface area (Å²) in [5.74, 6) is 0. The van der Waals surface area contributed by atoms with Gasteiger partial charge in [0.15, 0.2) is 0 Å². The number of fused-ring (bicyclic) bond motifs is 3. The number of benzene rings is 5. The molecule has 0 atom stereocenters. The van der Waals surface area contributed by atoms with Gasteiger partial charge >= 0.3 is 0 Å². The van der Waals surface area contributed by atoms with Crippen LogP contribution in [0.5, 0.6) is 0 Å². The Kier molecular flexibility index (Phi) is 3.54. The van der Waals surface area contributed by atoms with Crippen LogP contribution < -0.4 is 0 Å². The highest BCUT2D eigenvalue weighted by Crippen LogP contribution is 2.40. The van der Waals surface area contributed by atoms with Crippen LogP contribution in [-0.2, 0) is 0 Å². The Morgan fingerprint density at radius 2 is 0.962 bits per heavy atom. The van der Waals surface area contributed by atoms with Gasteiger partial charge in [-0.3, -0.25) is 0 Å². The summed E-state index contributed by atoms with van der Waals surface area (Å²) in [4.78, 5) is 0. The van der Waals surface area contributed by atoms with Crippen LogP contribution in [0.1, 0.15) is 0 Å². The van der Waals surface area contributed by atoms with Gasteiger partial charge in [0, 0.05) is 0 Å². The summed E-state index contributed by atoms with van der Waals surface area (Å²) in [7, 11) is 0. The van der Waals surface area contributed by atoms with Gasteiger partial charge in [-0.1, -0.05) is 109 Å². The molecule has 26 heavy (non-hydrogen) atoms. The number of hydrogen-bond acceptors (Lipinski definition) is 0. The molecule has 5 aromatic rings. The molecule has 0 fully saturated rings. The minimum Gasteiger partial charge on any atom is -0.0622 e. The largest absolute Gasteiger partial charge is 0.0622 e. The molecule has 0 aliphatic carbocycles. The van der Waals surface area contributed by atoms with E-state index >= 15 is 0 Å². The Morgan fingerprint density at radius 1 is 0.346 bits per heavy atom. The molecule has 5 aromatic carbocycles. The summed E-state index contributed by atoms with van der Waals surface area (Å²) in [6.07, 6.45) is 0. The molecule has 0 heteroatoms. The standard InChI is InChI=1S/C26H18/c1-3-9-19(10-4-1)23-17-18-24-22-14-8-7-11-20(22)15-16-25(24)26(23)21-12-5-2-6-13-21/h1-18H. The van der Waals surface area contributed by atoms with Crippen LogP contribution in [-0.4, -0.2) is 0 Å². The summed E-state index contributed by atoms with van der Waals surface area (Å²) < 4.78 is 0. The molecule has 0 aliphatic heterocycles. The van der Waals surface area contributed by atoms with Crippen LogP contribution >= 0.6 is 0 Å². The van der Waals surface area contributed by atoms with Crippen molar-refractivity contribution in [3.8, 4) is 22.3 Å². The molecule has 0 nitrogen and oxygen atoms in total. The fourth-order valence-electron chi connectivity index (χ4n) is 3.86. The van der Waals surface area contributed by atoms with Crippen LogP contribution in [0.15, 0.2) is 109 Å². The maximum Gasteiger partial charge on any atom is -0.00266 e. The van der Waals surface area contributed by atoms with Gasteiger partial charge in [0.05, 0.1) is 0 Å². The van der Waals surface area contributed by atoms with E-state index in [1.165, 1.54) is 43.8 Å². The van der Waals surface area contributed by atoms with Crippen molar-refractivity contribution in [3.05, 3.63) is 109 Å². The van der Waals surface area contributed by atoms with Gasteiger partial charge in [0.2, 0.25) is 0 Å². The minimum absolute atomic E-state index is 1.25. The molecule has 0 heterocycles. The molecule has 0 unspecified atom stereocenters. The zero-order valence-corrected chi connectivity index (χ0v) is 14.4. The average molecular weight is 330 g/mol. The van der Waals surface area contributed by atoms with Gasteiger partial charge in [0.1, 0.15) is 0 Å². The number of hydrogen-bond donors (Lipinski definition) is 0.